The van der Waals surface area contributed by atoms with Gasteiger partial charge in [-0.1, -0.05) is 140 Å². The van der Waals surface area contributed by atoms with E-state index in [0.717, 1.165) is 44.6 Å². The number of para-hydroxylation sites is 1. The Morgan fingerprint density at radius 3 is 1.78 bits per heavy atom. The standard InChI is InChI=1S/C52H33NOS/c1-2-20-42-34(12-1)13-10-23-43(42)38-17-9-19-40(32-38)53(41-28-29-50-48(33-41)45-21-3-5-26-49(45)54-50)39-18-8-15-36(31-39)35-14-7-16-37(30-35)44-24-11-25-47-46-22-4-6-27-51(46)55-52(44)47/h1-33H. The van der Waals surface area contributed by atoms with Crippen molar-refractivity contribution in [3.8, 4) is 33.4 Å². The van der Waals surface area contributed by atoms with E-state index in [-0.39, 0.29) is 0 Å². The molecule has 0 aliphatic heterocycles. The molecule has 0 unspecified atom stereocenters. The highest BCUT2D eigenvalue weighted by atomic mass is 32.1. The van der Waals surface area contributed by atoms with Gasteiger partial charge in [-0.15, -0.1) is 11.3 Å². The van der Waals surface area contributed by atoms with Crippen LogP contribution in [0.4, 0.5) is 17.1 Å². The van der Waals surface area contributed by atoms with E-state index in [1.54, 1.807) is 0 Å². The van der Waals surface area contributed by atoms with Crippen LogP contribution in [-0.2, 0) is 0 Å². The Balaban J connectivity index is 1.06. The molecule has 0 atom stereocenters. The topological polar surface area (TPSA) is 16.4 Å². The van der Waals surface area contributed by atoms with Crippen LogP contribution in [0, 0.1) is 0 Å². The molecular weight excluding hydrogens is 687 g/mol. The minimum atomic E-state index is 0.883. The lowest BCUT2D eigenvalue weighted by Crippen LogP contribution is -2.10. The van der Waals surface area contributed by atoms with Gasteiger partial charge in [-0.3, -0.25) is 0 Å². The SMILES string of the molecule is c1cc(-c2cccc(N(c3cccc(-c4cccc5ccccc45)c3)c3ccc4oc5ccccc5c4c3)c2)cc(-c2cccc3c2sc2ccccc23)c1. The summed E-state index contributed by atoms with van der Waals surface area (Å²) >= 11 is 1.87. The van der Waals surface area contributed by atoms with Crippen molar-refractivity contribution in [2.24, 2.45) is 0 Å². The van der Waals surface area contributed by atoms with Crippen LogP contribution in [0.2, 0.25) is 0 Å². The zero-order valence-electron chi connectivity index (χ0n) is 29.8. The van der Waals surface area contributed by atoms with Crippen molar-refractivity contribution in [1.29, 1.82) is 0 Å². The first kappa shape index (κ1) is 31.6. The van der Waals surface area contributed by atoms with E-state index < -0.39 is 0 Å². The fraction of sp³-hybridized carbons (Fsp3) is 0. The van der Waals surface area contributed by atoms with E-state index in [4.69, 9.17) is 4.42 Å². The van der Waals surface area contributed by atoms with Gasteiger partial charge in [-0.2, -0.15) is 0 Å². The Bertz CT molecular complexity index is 3240. The van der Waals surface area contributed by atoms with Crippen molar-refractivity contribution in [2.75, 3.05) is 4.90 Å². The molecule has 0 fully saturated rings. The van der Waals surface area contributed by atoms with Gasteiger partial charge in [-0.25, -0.2) is 0 Å². The summed E-state index contributed by atoms with van der Waals surface area (Å²) in [5.41, 5.74) is 12.2. The van der Waals surface area contributed by atoms with Gasteiger partial charge in [0.2, 0.25) is 0 Å². The zero-order chi connectivity index (χ0) is 36.3. The molecule has 0 aliphatic rings. The fourth-order valence-corrected chi connectivity index (χ4v) is 9.49. The molecule has 3 heteroatoms. The zero-order valence-corrected chi connectivity index (χ0v) is 30.6. The summed E-state index contributed by atoms with van der Waals surface area (Å²) in [4.78, 5) is 2.38. The van der Waals surface area contributed by atoms with Gasteiger partial charge in [-0.05, 0) is 105 Å². The minimum absolute atomic E-state index is 0.883. The van der Waals surface area contributed by atoms with Crippen molar-refractivity contribution in [3.05, 3.63) is 200 Å². The maximum atomic E-state index is 6.27. The van der Waals surface area contributed by atoms with E-state index in [1.807, 2.05) is 23.5 Å². The van der Waals surface area contributed by atoms with Gasteiger partial charge in [0.05, 0.1) is 0 Å². The van der Waals surface area contributed by atoms with Crippen molar-refractivity contribution >= 4 is 81.3 Å². The fourth-order valence-electron chi connectivity index (χ4n) is 8.26. The van der Waals surface area contributed by atoms with Gasteiger partial charge in [0.1, 0.15) is 11.2 Å². The number of fused-ring (bicyclic) bond motifs is 7. The summed E-state index contributed by atoms with van der Waals surface area (Å²) in [5.74, 6) is 0. The third-order valence-corrected chi connectivity index (χ3v) is 12.1. The molecule has 9 aromatic carbocycles. The molecule has 11 rings (SSSR count). The average molecular weight is 720 g/mol. The predicted octanol–water partition coefficient (Wildman–Crippen LogP) is 15.6. The van der Waals surface area contributed by atoms with Crippen LogP contribution >= 0.6 is 11.3 Å². The first-order chi connectivity index (χ1) is 27.2. The largest absolute Gasteiger partial charge is 0.456 e. The van der Waals surface area contributed by atoms with E-state index in [1.165, 1.54) is 58.8 Å². The Kier molecular flexibility index (Phi) is 7.39. The second-order valence-corrected chi connectivity index (χ2v) is 15.2. The Morgan fingerprint density at radius 2 is 0.909 bits per heavy atom. The number of rotatable bonds is 6. The molecule has 11 aromatic rings. The van der Waals surface area contributed by atoms with Crippen LogP contribution in [0.1, 0.15) is 0 Å². The minimum Gasteiger partial charge on any atom is -0.456 e. The number of hydrogen-bond donors (Lipinski definition) is 0. The van der Waals surface area contributed by atoms with Crippen molar-refractivity contribution in [3.63, 3.8) is 0 Å². The van der Waals surface area contributed by atoms with Crippen molar-refractivity contribution in [2.45, 2.75) is 0 Å². The van der Waals surface area contributed by atoms with Crippen molar-refractivity contribution < 1.29 is 4.42 Å². The van der Waals surface area contributed by atoms with E-state index >= 15 is 0 Å². The average Bonchev–Trinajstić information content (AvgIpc) is 3.82. The Morgan fingerprint density at radius 1 is 0.345 bits per heavy atom. The molecule has 0 saturated carbocycles. The lowest BCUT2D eigenvalue weighted by Gasteiger charge is -2.27. The van der Waals surface area contributed by atoms with E-state index in [0.29, 0.717) is 0 Å². The quantitative estimate of drug-likeness (QED) is 0.170. The van der Waals surface area contributed by atoms with E-state index in [2.05, 4.69) is 193 Å². The first-order valence-corrected chi connectivity index (χ1v) is 19.5. The summed E-state index contributed by atoms with van der Waals surface area (Å²) in [5, 5.41) is 7.32. The van der Waals surface area contributed by atoms with Crippen LogP contribution in [0.25, 0.3) is 86.3 Å². The van der Waals surface area contributed by atoms with E-state index in [9.17, 15) is 0 Å². The highest BCUT2D eigenvalue weighted by Gasteiger charge is 2.18. The summed E-state index contributed by atoms with van der Waals surface area (Å²) in [6.07, 6.45) is 0. The maximum Gasteiger partial charge on any atom is 0.135 e. The number of anilines is 3. The molecular formula is C52H33NOS. The molecule has 0 spiro atoms. The van der Waals surface area contributed by atoms with Crippen LogP contribution in [0.3, 0.4) is 0 Å². The molecule has 55 heavy (non-hydrogen) atoms. The summed E-state index contributed by atoms with van der Waals surface area (Å²) in [6.45, 7) is 0. The normalized spacial score (nSPS) is 11.6. The monoisotopic (exact) mass is 719 g/mol. The van der Waals surface area contributed by atoms with Crippen LogP contribution in [0.5, 0.6) is 0 Å². The maximum absolute atomic E-state index is 6.27. The lowest BCUT2D eigenvalue weighted by molar-refractivity contribution is 0.669. The Hall–Kier alpha value is -6.94. The number of furan rings is 1. The van der Waals surface area contributed by atoms with Gasteiger partial charge in [0.25, 0.3) is 0 Å². The molecule has 0 bridgehead atoms. The second kappa shape index (κ2) is 12.9. The molecule has 0 aliphatic carbocycles. The number of hydrogen-bond acceptors (Lipinski definition) is 3. The van der Waals surface area contributed by atoms with Crippen LogP contribution in [-0.4, -0.2) is 0 Å². The molecule has 258 valence electrons. The predicted molar refractivity (Wildman–Crippen MR) is 235 cm³/mol. The van der Waals surface area contributed by atoms with Crippen LogP contribution < -0.4 is 4.90 Å². The molecule has 2 aromatic heterocycles. The summed E-state index contributed by atoms with van der Waals surface area (Å²) < 4.78 is 8.91. The Labute approximate surface area is 322 Å². The molecule has 2 heterocycles. The molecule has 0 N–H and O–H groups in total. The smallest absolute Gasteiger partial charge is 0.135 e. The third kappa shape index (κ3) is 5.40. The van der Waals surface area contributed by atoms with Crippen LogP contribution in [0.15, 0.2) is 205 Å². The second-order valence-electron chi connectivity index (χ2n) is 14.1. The molecule has 2 nitrogen and oxygen atoms in total. The molecule has 0 saturated heterocycles. The molecule has 0 radical (unpaired) electrons. The third-order valence-electron chi connectivity index (χ3n) is 10.8. The molecule has 0 amide bonds. The summed E-state index contributed by atoms with van der Waals surface area (Å²) in [7, 11) is 0. The van der Waals surface area contributed by atoms with Gasteiger partial charge >= 0.3 is 0 Å². The summed E-state index contributed by atoms with van der Waals surface area (Å²) in [6, 6.07) is 72.3. The number of thiophene rings is 1. The number of nitrogens with zero attached hydrogens (tertiary/aromatic N) is 1. The van der Waals surface area contributed by atoms with Gasteiger partial charge in [0, 0.05) is 48.0 Å². The van der Waals surface area contributed by atoms with Crippen molar-refractivity contribution in [1.82, 2.24) is 0 Å². The number of benzene rings is 9. The highest BCUT2D eigenvalue weighted by molar-refractivity contribution is 7.26. The highest BCUT2D eigenvalue weighted by Crippen LogP contribution is 2.43. The first-order valence-electron chi connectivity index (χ1n) is 18.7. The van der Waals surface area contributed by atoms with Gasteiger partial charge < -0.3 is 9.32 Å². The lowest BCUT2D eigenvalue weighted by atomic mass is 9.97. The van der Waals surface area contributed by atoms with Gasteiger partial charge in [0.15, 0.2) is 0 Å².